The van der Waals surface area contributed by atoms with Gasteiger partial charge in [-0.05, 0) is 42.5 Å². The summed E-state index contributed by atoms with van der Waals surface area (Å²) in [7, 11) is 0. The van der Waals surface area contributed by atoms with Crippen LogP contribution in [0.5, 0.6) is 0 Å². The van der Waals surface area contributed by atoms with E-state index in [4.69, 9.17) is 4.42 Å². The van der Waals surface area contributed by atoms with Crippen LogP contribution in [0.15, 0.2) is 59.2 Å². The molecule has 0 bridgehead atoms. The van der Waals surface area contributed by atoms with Gasteiger partial charge in [-0.15, -0.1) is 0 Å². The van der Waals surface area contributed by atoms with Crippen LogP contribution in [0.4, 0.5) is 13.2 Å². The molecule has 1 aliphatic heterocycles. The third kappa shape index (κ3) is 5.82. The van der Waals surface area contributed by atoms with Crippen LogP contribution in [-0.4, -0.2) is 33.8 Å². The van der Waals surface area contributed by atoms with Crippen LogP contribution in [0.3, 0.4) is 0 Å². The van der Waals surface area contributed by atoms with E-state index in [0.717, 1.165) is 43.1 Å². The maximum absolute atomic E-state index is 13.2. The molecule has 4 rings (SSSR count). The van der Waals surface area contributed by atoms with Gasteiger partial charge in [0.05, 0.1) is 12.1 Å². The highest BCUT2D eigenvalue weighted by Crippen LogP contribution is 2.30. The molecule has 0 saturated carbocycles. The van der Waals surface area contributed by atoms with E-state index < -0.39 is 11.7 Å². The Balaban J connectivity index is 1.54. The lowest BCUT2D eigenvalue weighted by Gasteiger charge is -2.22. The Hall–Kier alpha value is -3.13. The zero-order chi connectivity index (χ0) is 23.4. The number of likely N-dealkylation sites (tertiary alicyclic amines) is 1. The van der Waals surface area contributed by atoms with Gasteiger partial charge in [-0.1, -0.05) is 42.5 Å². The van der Waals surface area contributed by atoms with Crippen LogP contribution in [0, 0.1) is 6.92 Å². The number of amides is 1. The maximum Gasteiger partial charge on any atom is 0.416 e. The summed E-state index contributed by atoms with van der Waals surface area (Å²) >= 11 is 0. The Morgan fingerprint density at radius 2 is 1.82 bits per heavy atom. The smallest absolute Gasteiger partial charge is 0.416 e. The van der Waals surface area contributed by atoms with Crippen molar-refractivity contribution in [1.82, 2.24) is 14.8 Å². The molecule has 5 nitrogen and oxygen atoms in total. The highest BCUT2D eigenvalue weighted by Gasteiger charge is 2.30. The zero-order valence-corrected chi connectivity index (χ0v) is 18.4. The molecule has 1 fully saturated rings. The minimum absolute atomic E-state index is 0.147. The second-order valence-corrected chi connectivity index (χ2v) is 8.40. The topological polar surface area (TPSA) is 49.6 Å². The number of nitrogens with zero attached hydrogens (tertiary/aromatic N) is 3. The maximum atomic E-state index is 13.2. The third-order valence-electron chi connectivity index (χ3n) is 5.84. The molecule has 0 radical (unpaired) electrons. The molecule has 0 aliphatic carbocycles. The minimum Gasteiger partial charge on any atom is -0.447 e. The van der Waals surface area contributed by atoms with Gasteiger partial charge >= 0.3 is 6.18 Å². The van der Waals surface area contributed by atoms with Gasteiger partial charge in [-0.3, -0.25) is 9.69 Å². The number of carbonyl (C=O) groups is 1. The molecule has 1 saturated heterocycles. The molecule has 1 aliphatic rings. The Morgan fingerprint density at radius 1 is 1.06 bits per heavy atom. The van der Waals surface area contributed by atoms with E-state index >= 15 is 0 Å². The predicted octanol–water partition coefficient (Wildman–Crippen LogP) is 5.44. The van der Waals surface area contributed by atoms with E-state index in [1.54, 1.807) is 11.0 Å². The summed E-state index contributed by atoms with van der Waals surface area (Å²) in [6.45, 7) is 4.47. The van der Waals surface area contributed by atoms with Crippen LogP contribution < -0.4 is 0 Å². The van der Waals surface area contributed by atoms with Crippen LogP contribution >= 0.6 is 0 Å². The summed E-state index contributed by atoms with van der Waals surface area (Å²) in [5.74, 6) is 0.212. The first kappa shape index (κ1) is 23.0. The van der Waals surface area contributed by atoms with Crippen LogP contribution in [0.2, 0.25) is 0 Å². The molecule has 1 aromatic heterocycles. The number of oxazole rings is 1. The first-order chi connectivity index (χ1) is 15.8. The molecule has 0 atom stereocenters. The lowest BCUT2D eigenvalue weighted by molar-refractivity contribution is -0.137. The van der Waals surface area contributed by atoms with Gasteiger partial charge in [0.15, 0.2) is 5.69 Å². The highest BCUT2D eigenvalue weighted by atomic mass is 19.4. The molecule has 2 aromatic carbocycles. The molecule has 174 valence electrons. The highest BCUT2D eigenvalue weighted by molar-refractivity contribution is 5.92. The first-order valence-corrected chi connectivity index (χ1v) is 11.0. The fraction of sp³-hybridized carbons (Fsp3) is 0.360. The van der Waals surface area contributed by atoms with Crippen molar-refractivity contribution in [3.63, 3.8) is 0 Å². The molecule has 1 amide bonds. The Kier molecular flexibility index (Phi) is 6.83. The zero-order valence-electron chi connectivity index (χ0n) is 18.4. The minimum atomic E-state index is -4.40. The molecule has 0 unspecified atom stereocenters. The van der Waals surface area contributed by atoms with Gasteiger partial charge in [0.1, 0.15) is 6.26 Å². The number of halogens is 3. The standard InChI is InChI=1S/C25H26F3N3O2/c1-18-7-2-3-9-20(18)15-30(14-19-8-6-10-21(13-19)25(26,27)28)16-23-29-22(17-33-23)24(32)31-11-4-5-12-31/h2-3,6-10,13,17H,4-5,11-12,14-16H2,1H3. The Morgan fingerprint density at radius 3 is 2.55 bits per heavy atom. The molecular formula is C25H26F3N3O2. The number of aryl methyl sites for hydroxylation is 1. The van der Waals surface area contributed by atoms with Gasteiger partial charge in [0.25, 0.3) is 5.91 Å². The fourth-order valence-electron chi connectivity index (χ4n) is 4.06. The largest absolute Gasteiger partial charge is 0.447 e. The molecule has 3 aromatic rings. The predicted molar refractivity (Wildman–Crippen MR) is 117 cm³/mol. The Labute approximate surface area is 190 Å². The molecular weight excluding hydrogens is 431 g/mol. The van der Waals surface area contributed by atoms with Gasteiger partial charge < -0.3 is 9.32 Å². The summed E-state index contributed by atoms with van der Waals surface area (Å²) < 4.78 is 45.1. The van der Waals surface area contributed by atoms with Crippen molar-refractivity contribution in [2.24, 2.45) is 0 Å². The van der Waals surface area contributed by atoms with Crippen LogP contribution in [0.1, 0.15) is 51.5 Å². The van der Waals surface area contributed by atoms with Crippen molar-refractivity contribution < 1.29 is 22.4 Å². The molecule has 33 heavy (non-hydrogen) atoms. The number of alkyl halides is 3. The van der Waals surface area contributed by atoms with Gasteiger partial charge in [-0.2, -0.15) is 13.2 Å². The first-order valence-electron chi connectivity index (χ1n) is 11.0. The van der Waals surface area contributed by atoms with E-state index in [2.05, 4.69) is 4.98 Å². The normalized spacial score (nSPS) is 14.3. The van der Waals surface area contributed by atoms with Crippen molar-refractivity contribution in [2.45, 2.75) is 45.6 Å². The number of aromatic nitrogens is 1. The number of hydrogen-bond acceptors (Lipinski definition) is 4. The lowest BCUT2D eigenvalue weighted by atomic mass is 10.1. The van der Waals surface area contributed by atoms with Gasteiger partial charge in [-0.25, -0.2) is 4.98 Å². The van der Waals surface area contributed by atoms with Gasteiger partial charge in [0.2, 0.25) is 5.89 Å². The number of carbonyl (C=O) groups excluding carboxylic acids is 1. The van der Waals surface area contributed by atoms with Crippen molar-refractivity contribution in [3.8, 4) is 0 Å². The monoisotopic (exact) mass is 457 g/mol. The number of benzene rings is 2. The van der Waals surface area contributed by atoms with Crippen LogP contribution in [-0.2, 0) is 25.8 Å². The van der Waals surface area contributed by atoms with Crippen molar-refractivity contribution in [3.05, 3.63) is 88.6 Å². The molecule has 0 spiro atoms. The quantitative estimate of drug-likeness (QED) is 0.474. The molecule has 2 heterocycles. The Bertz CT molecular complexity index is 1100. The van der Waals surface area contributed by atoms with Crippen molar-refractivity contribution in [1.29, 1.82) is 0 Å². The molecule has 0 N–H and O–H groups in total. The second-order valence-electron chi connectivity index (χ2n) is 8.40. The summed E-state index contributed by atoms with van der Waals surface area (Å²) in [5, 5.41) is 0. The average molecular weight is 457 g/mol. The number of hydrogen-bond donors (Lipinski definition) is 0. The van der Waals surface area contributed by atoms with Crippen molar-refractivity contribution in [2.75, 3.05) is 13.1 Å². The summed E-state index contributed by atoms with van der Waals surface area (Å²) in [6, 6.07) is 13.2. The van der Waals surface area contributed by atoms with E-state index in [0.29, 0.717) is 18.0 Å². The van der Waals surface area contributed by atoms with E-state index in [1.807, 2.05) is 36.1 Å². The van der Waals surface area contributed by atoms with E-state index in [1.165, 1.54) is 18.4 Å². The average Bonchev–Trinajstić information content (AvgIpc) is 3.47. The lowest BCUT2D eigenvalue weighted by Crippen LogP contribution is -2.28. The summed E-state index contributed by atoms with van der Waals surface area (Å²) in [5.41, 5.74) is 2.28. The van der Waals surface area contributed by atoms with Crippen molar-refractivity contribution >= 4 is 5.91 Å². The third-order valence-corrected chi connectivity index (χ3v) is 5.84. The summed E-state index contributed by atoms with van der Waals surface area (Å²) in [6.07, 6.45) is -1.06. The van der Waals surface area contributed by atoms with E-state index in [9.17, 15) is 18.0 Å². The molecule has 8 heteroatoms. The second kappa shape index (κ2) is 9.79. The fourth-order valence-corrected chi connectivity index (χ4v) is 4.06. The summed E-state index contributed by atoms with van der Waals surface area (Å²) in [4.78, 5) is 20.7. The van der Waals surface area contributed by atoms with Crippen LogP contribution in [0.25, 0.3) is 0 Å². The van der Waals surface area contributed by atoms with Gasteiger partial charge in [0, 0.05) is 26.2 Å². The SMILES string of the molecule is Cc1ccccc1CN(Cc1cccc(C(F)(F)F)c1)Cc1nc(C(=O)N2CCCC2)co1. The van der Waals surface area contributed by atoms with E-state index in [-0.39, 0.29) is 24.7 Å². The number of rotatable bonds is 7.